The molecule has 4 unspecified atom stereocenters. The largest absolute Gasteiger partial charge is 0.463 e. The van der Waals surface area contributed by atoms with Crippen molar-refractivity contribution in [3.8, 4) is 0 Å². The van der Waals surface area contributed by atoms with Crippen LogP contribution in [0.15, 0.2) is 0 Å². The summed E-state index contributed by atoms with van der Waals surface area (Å²) >= 11 is 0. The second-order valence-electron chi connectivity index (χ2n) is 14.3. The minimum absolute atomic E-state index is 0.230. The molecule has 0 rings (SSSR count). The van der Waals surface area contributed by atoms with E-state index in [4.69, 9.17) is 4.74 Å². The van der Waals surface area contributed by atoms with E-state index in [0.29, 0.717) is 13.0 Å². The van der Waals surface area contributed by atoms with Gasteiger partial charge in [-0.2, -0.15) is 0 Å². The van der Waals surface area contributed by atoms with E-state index in [0.717, 1.165) is 32.1 Å². The molecule has 1 amide bonds. The fraction of sp³-hybridized carbons (Fsp3) is 0.950. The first-order chi connectivity index (χ1) is 23.3. The molecule has 8 heteroatoms. The number of aliphatic hydroxyl groups excluding tert-OH is 4. The molecule has 4 atom stereocenters. The third kappa shape index (κ3) is 29.7. The average molecular weight is 686 g/mol. The summed E-state index contributed by atoms with van der Waals surface area (Å²) in [5, 5.41) is 43.3. The second kappa shape index (κ2) is 35.6. The molecule has 0 aromatic carbocycles. The Morgan fingerprint density at radius 3 is 1.19 bits per heavy atom. The highest BCUT2D eigenvalue weighted by Gasteiger charge is 2.34. The van der Waals surface area contributed by atoms with E-state index in [-0.39, 0.29) is 6.42 Å². The number of carbonyl (C=O) groups is 2. The lowest BCUT2D eigenvalue weighted by Gasteiger charge is -2.25. The van der Waals surface area contributed by atoms with Gasteiger partial charge in [0.15, 0.2) is 6.10 Å². The highest BCUT2D eigenvalue weighted by molar-refractivity contribution is 5.81. The molecule has 8 nitrogen and oxygen atoms in total. The Morgan fingerprint density at radius 1 is 0.479 bits per heavy atom. The quantitative estimate of drug-likeness (QED) is 0.0326. The van der Waals surface area contributed by atoms with Crippen molar-refractivity contribution in [3.63, 3.8) is 0 Å². The first-order valence-corrected chi connectivity index (χ1v) is 20.5. The molecule has 0 saturated carbocycles. The number of aliphatic hydroxyl groups is 4. The van der Waals surface area contributed by atoms with Crippen LogP contribution in [-0.2, 0) is 14.3 Å². The first-order valence-electron chi connectivity index (χ1n) is 20.5. The number of hydrogen-bond donors (Lipinski definition) is 5. The second-order valence-corrected chi connectivity index (χ2v) is 14.3. The predicted octanol–water partition coefficient (Wildman–Crippen LogP) is 8.83. The molecule has 0 aliphatic carbocycles. The minimum atomic E-state index is -1.90. The van der Waals surface area contributed by atoms with Crippen molar-refractivity contribution in [3.05, 3.63) is 0 Å². The Bertz CT molecular complexity index is 707. The number of carbonyl (C=O) groups excluding carboxylic acids is 2. The van der Waals surface area contributed by atoms with Gasteiger partial charge in [0.05, 0.1) is 0 Å². The van der Waals surface area contributed by atoms with Gasteiger partial charge >= 0.3 is 5.97 Å². The number of rotatable bonds is 37. The lowest BCUT2D eigenvalue weighted by molar-refractivity contribution is -0.159. The number of esters is 1. The molecule has 0 bridgehead atoms. The monoisotopic (exact) mass is 686 g/mol. The molecule has 0 radical (unpaired) electrons. The van der Waals surface area contributed by atoms with Crippen LogP contribution in [0.2, 0.25) is 0 Å². The highest BCUT2D eigenvalue weighted by Crippen LogP contribution is 2.15. The van der Waals surface area contributed by atoms with Crippen LogP contribution in [-0.4, -0.2) is 69.9 Å². The molecular formula is C40H79NO7. The minimum Gasteiger partial charge on any atom is -0.463 e. The lowest BCUT2D eigenvalue weighted by atomic mass is 10.0. The molecule has 0 heterocycles. The summed E-state index contributed by atoms with van der Waals surface area (Å²) in [5.41, 5.74) is 0. The van der Waals surface area contributed by atoms with Crippen molar-refractivity contribution in [2.45, 2.75) is 231 Å². The van der Waals surface area contributed by atoms with Gasteiger partial charge < -0.3 is 30.5 Å². The van der Waals surface area contributed by atoms with Crippen LogP contribution in [0.4, 0.5) is 0 Å². The normalized spacial score (nSPS) is 14.0. The summed E-state index contributed by atoms with van der Waals surface area (Å²) in [6.45, 7) is 4.36. The molecule has 0 saturated heterocycles. The molecule has 0 aromatic rings. The predicted molar refractivity (Wildman–Crippen MR) is 198 cm³/mol. The molecule has 0 aliphatic heterocycles. The van der Waals surface area contributed by atoms with Crippen LogP contribution in [0.25, 0.3) is 0 Å². The van der Waals surface area contributed by atoms with Crippen LogP contribution in [0, 0.1) is 0 Å². The summed E-state index contributed by atoms with van der Waals surface area (Å²) in [6.07, 6.45) is 28.9. The van der Waals surface area contributed by atoms with Crippen molar-refractivity contribution in [2.24, 2.45) is 0 Å². The number of unbranched alkanes of at least 4 members (excludes halogenated alkanes) is 27. The van der Waals surface area contributed by atoms with Gasteiger partial charge in [0, 0.05) is 13.0 Å². The smallest absolute Gasteiger partial charge is 0.305 e. The zero-order valence-electron chi connectivity index (χ0n) is 31.5. The first kappa shape index (κ1) is 46.8. The zero-order chi connectivity index (χ0) is 35.5. The maximum Gasteiger partial charge on any atom is 0.305 e. The summed E-state index contributed by atoms with van der Waals surface area (Å²) in [6, 6.07) is 0. The Labute approximate surface area is 295 Å². The summed E-state index contributed by atoms with van der Waals surface area (Å²) in [4.78, 5) is 24.3. The third-order valence-electron chi connectivity index (χ3n) is 9.57. The molecule has 0 fully saturated rings. The topological polar surface area (TPSA) is 136 Å². The van der Waals surface area contributed by atoms with Crippen molar-refractivity contribution in [1.82, 2.24) is 5.32 Å². The SMILES string of the molecule is CCCCCCCCCCCCCCCCCC(=O)OCC(O)C(O)C(O)C(O)C(=O)NCCCCCCCCCCCCCCCC. The number of hydrogen-bond acceptors (Lipinski definition) is 7. The van der Waals surface area contributed by atoms with Gasteiger partial charge in [-0.15, -0.1) is 0 Å². The third-order valence-corrected chi connectivity index (χ3v) is 9.57. The van der Waals surface area contributed by atoms with Crippen LogP contribution in [0.1, 0.15) is 206 Å². The Kier molecular flexibility index (Phi) is 34.7. The maximum atomic E-state index is 12.2. The Balaban J connectivity index is 3.73. The van der Waals surface area contributed by atoms with E-state index in [9.17, 15) is 30.0 Å². The molecule has 286 valence electrons. The van der Waals surface area contributed by atoms with Crippen molar-refractivity contribution in [2.75, 3.05) is 13.2 Å². The summed E-state index contributed by atoms with van der Waals surface area (Å²) < 4.78 is 5.05. The molecular weight excluding hydrogens is 606 g/mol. The number of nitrogens with one attached hydrogen (secondary N) is 1. The maximum absolute atomic E-state index is 12.2. The van der Waals surface area contributed by atoms with E-state index in [2.05, 4.69) is 19.2 Å². The van der Waals surface area contributed by atoms with Crippen LogP contribution >= 0.6 is 0 Å². The van der Waals surface area contributed by atoms with E-state index in [1.807, 2.05) is 0 Å². The van der Waals surface area contributed by atoms with Gasteiger partial charge in [-0.05, 0) is 12.8 Å². The van der Waals surface area contributed by atoms with Gasteiger partial charge in [0.1, 0.15) is 24.9 Å². The summed E-state index contributed by atoms with van der Waals surface area (Å²) in [7, 11) is 0. The van der Waals surface area contributed by atoms with Crippen molar-refractivity contribution in [1.29, 1.82) is 0 Å². The zero-order valence-corrected chi connectivity index (χ0v) is 31.5. The van der Waals surface area contributed by atoms with Crippen LogP contribution < -0.4 is 5.32 Å². The van der Waals surface area contributed by atoms with Gasteiger partial charge in [-0.3, -0.25) is 9.59 Å². The van der Waals surface area contributed by atoms with Gasteiger partial charge in [0.2, 0.25) is 0 Å². The number of amides is 1. The lowest BCUT2D eigenvalue weighted by Crippen LogP contribution is -2.52. The van der Waals surface area contributed by atoms with E-state index >= 15 is 0 Å². The molecule has 0 spiro atoms. The van der Waals surface area contributed by atoms with Crippen molar-refractivity contribution < 1.29 is 34.8 Å². The summed E-state index contributed by atoms with van der Waals surface area (Å²) in [5.74, 6) is -1.27. The molecule has 5 N–H and O–H groups in total. The average Bonchev–Trinajstić information content (AvgIpc) is 3.09. The fourth-order valence-electron chi connectivity index (χ4n) is 6.19. The number of ether oxygens (including phenoxy) is 1. The Hall–Kier alpha value is -1.22. The standard InChI is InChI=1S/C40H79NO7/c1-3-5-7-9-11-13-15-17-19-20-22-24-26-28-30-32-36(43)48-34-35(42)37(44)38(45)39(46)40(47)41-33-31-29-27-25-23-21-18-16-14-12-10-8-6-4-2/h35,37-39,42,44-46H,3-34H2,1-2H3,(H,41,47). The van der Waals surface area contributed by atoms with Gasteiger partial charge in [0.25, 0.3) is 5.91 Å². The van der Waals surface area contributed by atoms with Gasteiger partial charge in [-0.1, -0.05) is 187 Å². The van der Waals surface area contributed by atoms with E-state index in [1.54, 1.807) is 0 Å². The molecule has 0 aliphatic rings. The molecule has 48 heavy (non-hydrogen) atoms. The molecule has 0 aromatic heterocycles. The van der Waals surface area contributed by atoms with E-state index in [1.165, 1.54) is 148 Å². The Morgan fingerprint density at radius 2 is 0.812 bits per heavy atom. The van der Waals surface area contributed by atoms with Crippen LogP contribution in [0.3, 0.4) is 0 Å². The van der Waals surface area contributed by atoms with E-state index < -0.39 is 42.9 Å². The fourth-order valence-corrected chi connectivity index (χ4v) is 6.19. The van der Waals surface area contributed by atoms with Gasteiger partial charge in [-0.25, -0.2) is 0 Å². The highest BCUT2D eigenvalue weighted by atomic mass is 16.5. The van der Waals surface area contributed by atoms with Crippen LogP contribution in [0.5, 0.6) is 0 Å². The van der Waals surface area contributed by atoms with Crippen molar-refractivity contribution >= 4 is 11.9 Å².